The van der Waals surface area contributed by atoms with Gasteiger partial charge in [0.15, 0.2) is 0 Å². The molecule has 0 fully saturated rings. The lowest BCUT2D eigenvalue weighted by atomic mass is 9.75. The van der Waals surface area contributed by atoms with Crippen LogP contribution in [0.2, 0.25) is 0 Å². The summed E-state index contributed by atoms with van der Waals surface area (Å²) in [7, 11) is 0. The fourth-order valence-corrected chi connectivity index (χ4v) is 2.36. The minimum absolute atomic E-state index is 0.215. The maximum absolute atomic E-state index is 6.15. The van der Waals surface area contributed by atoms with Crippen LogP contribution >= 0.6 is 0 Å². The van der Waals surface area contributed by atoms with Crippen LogP contribution in [0, 0.1) is 5.41 Å². The van der Waals surface area contributed by atoms with Crippen molar-refractivity contribution in [3.8, 4) is 0 Å². The molecule has 0 amide bonds. The van der Waals surface area contributed by atoms with E-state index in [1.54, 1.807) is 0 Å². The smallest absolute Gasteiger partial charge is 0.0300 e. The van der Waals surface area contributed by atoms with Crippen molar-refractivity contribution in [3.05, 3.63) is 35.4 Å². The number of nitrogens with two attached hydrogens (primary N) is 1. The second-order valence-electron chi connectivity index (χ2n) is 5.43. The van der Waals surface area contributed by atoms with Crippen LogP contribution in [0.4, 0.5) is 0 Å². The van der Waals surface area contributed by atoms with E-state index in [-0.39, 0.29) is 6.04 Å². The Morgan fingerprint density at radius 2 is 1.57 bits per heavy atom. The summed E-state index contributed by atoms with van der Waals surface area (Å²) >= 11 is 0. The minimum Gasteiger partial charge on any atom is -0.324 e. The van der Waals surface area contributed by atoms with E-state index < -0.39 is 0 Å². The zero-order chi connectivity index (χ0) is 10.3. The van der Waals surface area contributed by atoms with Crippen LogP contribution in [0.15, 0.2) is 24.3 Å². The molecule has 0 aromatic heterocycles. The first kappa shape index (κ1) is 9.72. The Morgan fingerprint density at radius 1 is 1.07 bits per heavy atom. The molecule has 1 heteroatoms. The zero-order valence-corrected chi connectivity index (χ0v) is 9.25. The molecule has 0 saturated heterocycles. The fraction of sp³-hybridized carbons (Fsp3) is 0.538. The second kappa shape index (κ2) is 3.09. The molecule has 0 aliphatic heterocycles. The normalized spacial score (nSPS) is 26.3. The molecule has 1 nitrogen and oxygen atoms in total. The Hall–Kier alpha value is -0.820. The zero-order valence-electron chi connectivity index (χ0n) is 9.25. The molecule has 76 valence electrons. The average Bonchev–Trinajstić information content (AvgIpc) is 2.35. The molecule has 2 unspecified atom stereocenters. The van der Waals surface area contributed by atoms with Crippen molar-refractivity contribution in [1.82, 2.24) is 0 Å². The van der Waals surface area contributed by atoms with Crippen molar-refractivity contribution in [2.24, 2.45) is 11.1 Å². The van der Waals surface area contributed by atoms with Crippen LogP contribution in [-0.2, 0) is 0 Å². The highest BCUT2D eigenvalue weighted by molar-refractivity contribution is 5.32. The molecule has 3 rings (SSSR count). The van der Waals surface area contributed by atoms with Crippen molar-refractivity contribution in [2.45, 2.75) is 39.2 Å². The van der Waals surface area contributed by atoms with Crippen LogP contribution in [0.1, 0.15) is 50.3 Å². The molecule has 0 saturated carbocycles. The Labute approximate surface area is 86.3 Å². The first-order valence-corrected chi connectivity index (χ1v) is 5.34. The highest BCUT2D eigenvalue weighted by Gasteiger charge is 2.30. The van der Waals surface area contributed by atoms with Gasteiger partial charge in [-0.05, 0) is 28.9 Å². The molecule has 1 aromatic rings. The lowest BCUT2D eigenvalue weighted by Gasteiger charge is -2.31. The van der Waals surface area contributed by atoms with Gasteiger partial charge in [0, 0.05) is 6.04 Å². The maximum Gasteiger partial charge on any atom is 0.0300 e. The van der Waals surface area contributed by atoms with Crippen molar-refractivity contribution >= 4 is 0 Å². The van der Waals surface area contributed by atoms with E-state index >= 15 is 0 Å². The van der Waals surface area contributed by atoms with E-state index in [4.69, 9.17) is 5.73 Å². The lowest BCUT2D eigenvalue weighted by molar-refractivity contribution is 0.294. The Kier molecular flexibility index (Phi) is 2.15. The molecule has 0 radical (unpaired) electrons. The summed E-state index contributed by atoms with van der Waals surface area (Å²) in [4.78, 5) is 0. The highest BCUT2D eigenvalue weighted by Crippen LogP contribution is 2.43. The van der Waals surface area contributed by atoms with Gasteiger partial charge in [-0.3, -0.25) is 0 Å². The van der Waals surface area contributed by atoms with Crippen molar-refractivity contribution in [2.75, 3.05) is 0 Å². The first-order valence-electron chi connectivity index (χ1n) is 5.34. The largest absolute Gasteiger partial charge is 0.324 e. The van der Waals surface area contributed by atoms with E-state index in [0.29, 0.717) is 11.3 Å². The van der Waals surface area contributed by atoms with Gasteiger partial charge in [0.05, 0.1) is 0 Å². The van der Waals surface area contributed by atoms with Gasteiger partial charge in [0.25, 0.3) is 0 Å². The summed E-state index contributed by atoms with van der Waals surface area (Å²) in [5.74, 6) is 0.588. The molecule has 2 N–H and O–H groups in total. The van der Waals surface area contributed by atoms with Crippen LogP contribution < -0.4 is 5.73 Å². The predicted octanol–water partition coefficient (Wildman–Crippen LogP) is 3.22. The summed E-state index contributed by atoms with van der Waals surface area (Å²) in [6, 6.07) is 9.03. The van der Waals surface area contributed by atoms with E-state index in [0.717, 1.165) is 6.42 Å². The van der Waals surface area contributed by atoms with Crippen LogP contribution in [0.3, 0.4) is 0 Å². The molecule has 2 aliphatic carbocycles. The van der Waals surface area contributed by atoms with Crippen LogP contribution in [-0.4, -0.2) is 0 Å². The minimum atomic E-state index is 0.215. The topological polar surface area (TPSA) is 26.0 Å². The molecule has 14 heavy (non-hydrogen) atoms. The van der Waals surface area contributed by atoms with Crippen LogP contribution in [0.25, 0.3) is 0 Å². The van der Waals surface area contributed by atoms with Gasteiger partial charge in [0.1, 0.15) is 0 Å². The quantitative estimate of drug-likeness (QED) is 0.666. The van der Waals surface area contributed by atoms with Gasteiger partial charge in [0.2, 0.25) is 0 Å². The molecule has 2 aliphatic rings. The standard InChI is InChI=1S/C13H19N/c1-13(2,3)11-8-12(14)10-6-4-9(11)5-7-10/h4-7,11-12H,8,14H2,1-3H3. The maximum atomic E-state index is 6.15. The Balaban J connectivity index is 2.41. The molecule has 2 bridgehead atoms. The third-order valence-corrected chi connectivity index (χ3v) is 3.30. The summed E-state index contributed by atoms with van der Waals surface area (Å²) < 4.78 is 0. The van der Waals surface area contributed by atoms with E-state index in [1.165, 1.54) is 11.1 Å². The summed E-state index contributed by atoms with van der Waals surface area (Å²) in [6.07, 6.45) is 1.08. The van der Waals surface area contributed by atoms with Crippen molar-refractivity contribution < 1.29 is 0 Å². The van der Waals surface area contributed by atoms with Crippen molar-refractivity contribution in [3.63, 3.8) is 0 Å². The van der Waals surface area contributed by atoms with Gasteiger partial charge in [-0.25, -0.2) is 0 Å². The molecule has 0 spiro atoms. The molecule has 2 atom stereocenters. The average molecular weight is 189 g/mol. The molecular formula is C13H19N. The SMILES string of the molecule is CC(C)(C)C1CC(N)c2ccc1cc2. The van der Waals surface area contributed by atoms with Crippen LogP contribution in [0.5, 0.6) is 0 Å². The molecule has 0 heterocycles. The number of rotatable bonds is 0. The summed E-state index contributed by atoms with van der Waals surface area (Å²) in [5, 5.41) is 0. The molecule has 1 aromatic carbocycles. The lowest BCUT2D eigenvalue weighted by Crippen LogP contribution is -2.21. The monoisotopic (exact) mass is 189 g/mol. The second-order valence-corrected chi connectivity index (χ2v) is 5.43. The van der Waals surface area contributed by atoms with E-state index in [1.807, 2.05) is 0 Å². The third-order valence-electron chi connectivity index (χ3n) is 3.30. The Morgan fingerprint density at radius 3 is 2.07 bits per heavy atom. The number of hydrogen-bond donors (Lipinski definition) is 1. The number of benzene rings is 1. The van der Waals surface area contributed by atoms with Gasteiger partial charge in [-0.1, -0.05) is 45.0 Å². The van der Waals surface area contributed by atoms with Gasteiger partial charge in [-0.2, -0.15) is 0 Å². The molecular weight excluding hydrogens is 170 g/mol. The van der Waals surface area contributed by atoms with E-state index in [2.05, 4.69) is 45.0 Å². The third kappa shape index (κ3) is 1.57. The van der Waals surface area contributed by atoms with Gasteiger partial charge >= 0.3 is 0 Å². The summed E-state index contributed by atoms with van der Waals surface area (Å²) in [6.45, 7) is 6.88. The van der Waals surface area contributed by atoms with E-state index in [9.17, 15) is 0 Å². The Bertz CT molecular complexity index is 318. The summed E-state index contributed by atoms with van der Waals surface area (Å²) in [5.41, 5.74) is 9.17. The first-order chi connectivity index (χ1) is 6.48. The predicted molar refractivity (Wildman–Crippen MR) is 60.2 cm³/mol. The van der Waals surface area contributed by atoms with Gasteiger partial charge < -0.3 is 5.73 Å². The number of fused-ring (bicyclic) bond motifs is 4. The van der Waals surface area contributed by atoms with Crippen molar-refractivity contribution in [1.29, 1.82) is 0 Å². The fourth-order valence-electron chi connectivity index (χ4n) is 2.36. The number of hydrogen-bond acceptors (Lipinski definition) is 1. The van der Waals surface area contributed by atoms with Gasteiger partial charge in [-0.15, -0.1) is 0 Å². The highest BCUT2D eigenvalue weighted by atomic mass is 14.6.